The molecule has 3 nitrogen and oxygen atoms in total. The van der Waals surface area contributed by atoms with E-state index in [1.807, 2.05) is 18.2 Å². The smallest absolute Gasteiger partial charge is 0.123 e. The predicted octanol–water partition coefficient (Wildman–Crippen LogP) is 2.00. The van der Waals surface area contributed by atoms with Crippen molar-refractivity contribution in [3.05, 3.63) is 28.8 Å². The molecule has 2 unspecified atom stereocenters. The highest BCUT2D eigenvalue weighted by Crippen LogP contribution is 2.30. The van der Waals surface area contributed by atoms with E-state index in [4.69, 9.17) is 21.4 Å². The third-order valence-corrected chi connectivity index (χ3v) is 3.35. The van der Waals surface area contributed by atoms with E-state index >= 15 is 0 Å². The molecule has 1 heterocycles. The molecule has 4 heteroatoms. The zero-order chi connectivity index (χ0) is 12.3. The van der Waals surface area contributed by atoms with Crippen LogP contribution in [0.1, 0.15) is 18.9 Å². The molecule has 0 spiro atoms. The average Bonchev–Trinajstić information content (AvgIpc) is 2.72. The van der Waals surface area contributed by atoms with Crippen LogP contribution in [-0.4, -0.2) is 30.4 Å². The van der Waals surface area contributed by atoms with Crippen LogP contribution in [0.5, 0.6) is 5.75 Å². The van der Waals surface area contributed by atoms with Crippen molar-refractivity contribution in [1.29, 1.82) is 0 Å². The second-order valence-corrected chi connectivity index (χ2v) is 4.83. The Hall–Kier alpha value is -0.770. The largest absolute Gasteiger partial charge is 0.488 e. The van der Waals surface area contributed by atoms with Gasteiger partial charge in [0.05, 0.1) is 6.61 Å². The SMILES string of the molecule is CCC(CO)NCC1Cc2cc(Cl)ccc2O1. The lowest BCUT2D eigenvalue weighted by Crippen LogP contribution is -2.39. The Morgan fingerprint density at radius 3 is 3.12 bits per heavy atom. The first-order chi connectivity index (χ1) is 8.22. The Morgan fingerprint density at radius 1 is 1.59 bits per heavy atom. The van der Waals surface area contributed by atoms with Crippen LogP contribution in [0, 0.1) is 0 Å². The molecule has 0 saturated carbocycles. The van der Waals surface area contributed by atoms with Gasteiger partial charge in [-0.05, 0) is 30.2 Å². The Kier molecular flexibility index (Phi) is 4.26. The van der Waals surface area contributed by atoms with Crippen LogP contribution in [0.4, 0.5) is 0 Å². The van der Waals surface area contributed by atoms with E-state index in [9.17, 15) is 0 Å². The Labute approximate surface area is 107 Å². The summed E-state index contributed by atoms with van der Waals surface area (Å²) in [5.41, 5.74) is 1.17. The standard InChI is InChI=1S/C13H18ClNO2/c1-2-11(8-16)15-7-12-6-9-5-10(14)3-4-13(9)17-12/h3-5,11-12,15-16H,2,6-8H2,1H3. The van der Waals surface area contributed by atoms with Crippen LogP contribution in [0.3, 0.4) is 0 Å². The summed E-state index contributed by atoms with van der Waals surface area (Å²) in [5, 5.41) is 13.1. The third kappa shape index (κ3) is 3.12. The summed E-state index contributed by atoms with van der Waals surface area (Å²) in [4.78, 5) is 0. The Balaban J connectivity index is 1.88. The van der Waals surface area contributed by atoms with E-state index < -0.39 is 0 Å². The maximum absolute atomic E-state index is 9.09. The van der Waals surface area contributed by atoms with Gasteiger partial charge in [-0.1, -0.05) is 18.5 Å². The van der Waals surface area contributed by atoms with E-state index in [1.54, 1.807) is 0 Å². The molecule has 0 bridgehead atoms. The summed E-state index contributed by atoms with van der Waals surface area (Å²) in [5.74, 6) is 0.929. The van der Waals surface area contributed by atoms with Crippen LogP contribution in [0.2, 0.25) is 5.02 Å². The number of ether oxygens (including phenoxy) is 1. The summed E-state index contributed by atoms with van der Waals surface area (Å²) < 4.78 is 5.80. The van der Waals surface area contributed by atoms with Gasteiger partial charge >= 0.3 is 0 Å². The molecule has 17 heavy (non-hydrogen) atoms. The van der Waals surface area contributed by atoms with Gasteiger partial charge in [0.15, 0.2) is 0 Å². The number of fused-ring (bicyclic) bond motifs is 1. The first-order valence-corrected chi connectivity index (χ1v) is 6.40. The first-order valence-electron chi connectivity index (χ1n) is 6.02. The van der Waals surface area contributed by atoms with Crippen molar-refractivity contribution in [3.8, 4) is 5.75 Å². The fourth-order valence-electron chi connectivity index (χ4n) is 2.04. The maximum atomic E-state index is 9.09. The first kappa shape index (κ1) is 12.7. The normalized spacial score (nSPS) is 19.8. The number of halogens is 1. The number of aliphatic hydroxyl groups excluding tert-OH is 1. The molecule has 0 saturated heterocycles. The molecule has 2 N–H and O–H groups in total. The molecule has 0 amide bonds. The number of aliphatic hydroxyl groups is 1. The van der Waals surface area contributed by atoms with Crippen LogP contribution in [-0.2, 0) is 6.42 Å². The molecule has 1 aliphatic rings. The van der Waals surface area contributed by atoms with Crippen LogP contribution >= 0.6 is 11.6 Å². The number of hydrogen-bond donors (Lipinski definition) is 2. The van der Waals surface area contributed by atoms with E-state index in [2.05, 4.69) is 12.2 Å². The van der Waals surface area contributed by atoms with Crippen molar-refractivity contribution in [3.63, 3.8) is 0 Å². The summed E-state index contributed by atoms with van der Waals surface area (Å²) in [6.45, 7) is 2.98. The van der Waals surface area contributed by atoms with Crippen molar-refractivity contribution in [2.45, 2.75) is 31.9 Å². The molecule has 94 valence electrons. The van der Waals surface area contributed by atoms with Crippen LogP contribution < -0.4 is 10.1 Å². The molecule has 0 radical (unpaired) electrons. The van der Waals surface area contributed by atoms with Crippen molar-refractivity contribution in [2.75, 3.05) is 13.2 Å². The average molecular weight is 256 g/mol. The number of hydrogen-bond acceptors (Lipinski definition) is 3. The molecule has 0 aliphatic carbocycles. The van der Waals surface area contributed by atoms with E-state index in [0.29, 0.717) is 0 Å². The molecule has 2 atom stereocenters. The van der Waals surface area contributed by atoms with Crippen LogP contribution in [0.25, 0.3) is 0 Å². The summed E-state index contributed by atoms with van der Waals surface area (Å²) in [6, 6.07) is 5.88. The quantitative estimate of drug-likeness (QED) is 0.846. The number of nitrogens with one attached hydrogen (secondary N) is 1. The molecular formula is C13H18ClNO2. The molecule has 1 aromatic rings. The second kappa shape index (κ2) is 5.71. The minimum atomic E-state index is 0.143. The van der Waals surface area contributed by atoms with Gasteiger partial charge in [0, 0.05) is 24.0 Å². The lowest BCUT2D eigenvalue weighted by Gasteiger charge is -2.17. The van der Waals surface area contributed by atoms with Gasteiger partial charge in [-0.15, -0.1) is 0 Å². The van der Waals surface area contributed by atoms with Crippen molar-refractivity contribution in [1.82, 2.24) is 5.32 Å². The summed E-state index contributed by atoms with van der Waals surface area (Å²) >= 11 is 5.94. The lowest BCUT2D eigenvalue weighted by molar-refractivity contribution is 0.195. The molecule has 1 aromatic carbocycles. The minimum Gasteiger partial charge on any atom is -0.488 e. The van der Waals surface area contributed by atoms with Gasteiger partial charge in [0.1, 0.15) is 11.9 Å². The molecule has 0 fully saturated rings. The van der Waals surface area contributed by atoms with Gasteiger partial charge in [-0.2, -0.15) is 0 Å². The Morgan fingerprint density at radius 2 is 2.41 bits per heavy atom. The topological polar surface area (TPSA) is 41.5 Å². The highest BCUT2D eigenvalue weighted by atomic mass is 35.5. The molecule has 0 aromatic heterocycles. The molecule has 2 rings (SSSR count). The van der Waals surface area contributed by atoms with Crippen LogP contribution in [0.15, 0.2) is 18.2 Å². The second-order valence-electron chi connectivity index (χ2n) is 4.39. The third-order valence-electron chi connectivity index (χ3n) is 3.11. The van der Waals surface area contributed by atoms with Gasteiger partial charge in [-0.25, -0.2) is 0 Å². The van der Waals surface area contributed by atoms with Gasteiger partial charge in [-0.3, -0.25) is 0 Å². The van der Waals surface area contributed by atoms with Gasteiger partial charge in [0.25, 0.3) is 0 Å². The monoisotopic (exact) mass is 255 g/mol. The van der Waals surface area contributed by atoms with E-state index in [1.165, 1.54) is 5.56 Å². The fourth-order valence-corrected chi connectivity index (χ4v) is 2.23. The van der Waals surface area contributed by atoms with Crippen molar-refractivity contribution >= 4 is 11.6 Å². The predicted molar refractivity (Wildman–Crippen MR) is 68.7 cm³/mol. The van der Waals surface area contributed by atoms with E-state index in [0.717, 1.165) is 30.2 Å². The fraction of sp³-hybridized carbons (Fsp3) is 0.538. The number of rotatable bonds is 5. The molecular weight excluding hydrogens is 238 g/mol. The highest BCUT2D eigenvalue weighted by molar-refractivity contribution is 6.30. The van der Waals surface area contributed by atoms with E-state index in [-0.39, 0.29) is 18.8 Å². The minimum absolute atomic E-state index is 0.143. The van der Waals surface area contributed by atoms with Gasteiger partial charge < -0.3 is 15.2 Å². The summed E-state index contributed by atoms with van der Waals surface area (Å²) in [6.07, 6.45) is 1.94. The molecule has 1 aliphatic heterocycles. The lowest BCUT2D eigenvalue weighted by atomic mass is 10.1. The highest BCUT2D eigenvalue weighted by Gasteiger charge is 2.23. The summed E-state index contributed by atoms with van der Waals surface area (Å²) in [7, 11) is 0. The zero-order valence-corrected chi connectivity index (χ0v) is 10.7. The number of benzene rings is 1. The maximum Gasteiger partial charge on any atom is 0.123 e. The Bertz CT molecular complexity index is 380. The van der Waals surface area contributed by atoms with Gasteiger partial charge in [0.2, 0.25) is 0 Å². The zero-order valence-electron chi connectivity index (χ0n) is 9.95. The van der Waals surface area contributed by atoms with Crippen molar-refractivity contribution in [2.24, 2.45) is 0 Å². The van der Waals surface area contributed by atoms with Crippen molar-refractivity contribution < 1.29 is 9.84 Å².